The number of anilines is 1. The van der Waals surface area contributed by atoms with Crippen LogP contribution in [0.25, 0.3) is 0 Å². The molecule has 1 rings (SSSR count). The number of sulfone groups is 1. The molecule has 106 valence electrons. The minimum absolute atomic E-state index is 0.0960. The van der Waals surface area contributed by atoms with E-state index in [1.807, 2.05) is 0 Å². The van der Waals surface area contributed by atoms with Crippen LogP contribution < -0.4 is 5.32 Å². The molecule has 1 aromatic carbocycles. The predicted octanol–water partition coefficient (Wildman–Crippen LogP) is 2.38. The van der Waals surface area contributed by atoms with Gasteiger partial charge < -0.3 is 10.4 Å². The van der Waals surface area contributed by atoms with Gasteiger partial charge in [-0.1, -0.05) is 15.9 Å². The van der Waals surface area contributed by atoms with Gasteiger partial charge in [-0.05, 0) is 32.0 Å². The molecule has 0 unspecified atom stereocenters. The normalized spacial score (nSPS) is 12.2. The Morgan fingerprint density at radius 3 is 2.47 bits per heavy atom. The summed E-state index contributed by atoms with van der Waals surface area (Å²) in [7, 11) is -3.23. The van der Waals surface area contributed by atoms with Crippen molar-refractivity contribution in [2.45, 2.75) is 18.6 Å². The predicted molar refractivity (Wildman–Crippen MR) is 78.5 cm³/mol. The van der Waals surface area contributed by atoms with Crippen molar-refractivity contribution in [3.63, 3.8) is 0 Å². The number of aromatic carboxylic acids is 1. The zero-order valence-corrected chi connectivity index (χ0v) is 13.3. The number of carboxylic acid groups (broad SMARTS) is 1. The van der Waals surface area contributed by atoms with E-state index in [4.69, 9.17) is 5.11 Å². The van der Waals surface area contributed by atoms with Gasteiger partial charge in [0, 0.05) is 23.0 Å². The molecule has 0 aliphatic rings. The molecule has 1 aromatic rings. The third-order valence-corrected chi connectivity index (χ3v) is 5.57. The van der Waals surface area contributed by atoms with E-state index in [2.05, 4.69) is 21.2 Å². The second kappa shape index (κ2) is 5.50. The van der Waals surface area contributed by atoms with Crippen LogP contribution in [0.15, 0.2) is 22.7 Å². The molecular formula is C12H16BrNO4S. The number of benzene rings is 1. The molecule has 7 heteroatoms. The molecular weight excluding hydrogens is 334 g/mol. The molecule has 2 N–H and O–H groups in total. The number of nitrogens with one attached hydrogen (secondary N) is 1. The van der Waals surface area contributed by atoms with Crippen molar-refractivity contribution in [2.24, 2.45) is 0 Å². The van der Waals surface area contributed by atoms with Crippen LogP contribution in [-0.4, -0.2) is 37.0 Å². The summed E-state index contributed by atoms with van der Waals surface area (Å²) in [4.78, 5) is 11.1. The van der Waals surface area contributed by atoms with Crippen molar-refractivity contribution < 1.29 is 18.3 Å². The highest BCUT2D eigenvalue weighted by Gasteiger charge is 2.30. The summed E-state index contributed by atoms with van der Waals surface area (Å²) in [5.41, 5.74) is 0.492. The lowest BCUT2D eigenvalue weighted by molar-refractivity contribution is 0.0698. The first-order valence-electron chi connectivity index (χ1n) is 5.51. The number of hydrogen-bond acceptors (Lipinski definition) is 4. The molecule has 0 amide bonds. The third-order valence-electron chi connectivity index (χ3n) is 2.92. The Kier molecular flexibility index (Phi) is 4.63. The van der Waals surface area contributed by atoms with Crippen LogP contribution in [-0.2, 0) is 9.84 Å². The van der Waals surface area contributed by atoms with Gasteiger partial charge in [-0.3, -0.25) is 0 Å². The average Bonchev–Trinajstić information content (AvgIpc) is 2.25. The van der Waals surface area contributed by atoms with E-state index in [1.165, 1.54) is 6.07 Å². The molecule has 5 nitrogen and oxygen atoms in total. The van der Waals surface area contributed by atoms with E-state index in [-0.39, 0.29) is 12.1 Å². The molecule has 0 radical (unpaired) electrons. The fraction of sp³-hybridized carbons (Fsp3) is 0.417. The van der Waals surface area contributed by atoms with Crippen LogP contribution in [0.3, 0.4) is 0 Å². The van der Waals surface area contributed by atoms with Gasteiger partial charge in [0.1, 0.15) is 0 Å². The molecule has 0 saturated carbocycles. The van der Waals surface area contributed by atoms with E-state index in [0.717, 1.165) is 6.26 Å². The SMILES string of the molecule is CC(C)(CNc1ccc(Br)cc1C(=O)O)S(C)(=O)=O. The standard InChI is InChI=1S/C12H16BrNO4S/c1-12(2,19(3,17)18)7-14-10-5-4-8(13)6-9(10)11(15)16/h4-6,14H,7H2,1-3H3,(H,15,16). The quantitative estimate of drug-likeness (QED) is 0.852. The second-order valence-corrected chi connectivity index (χ2v) is 8.45. The first-order chi connectivity index (χ1) is 8.54. The second-order valence-electron chi connectivity index (χ2n) is 4.88. The van der Waals surface area contributed by atoms with E-state index in [1.54, 1.807) is 26.0 Å². The Morgan fingerprint density at radius 2 is 2.00 bits per heavy atom. The Balaban J connectivity index is 2.99. The first-order valence-corrected chi connectivity index (χ1v) is 8.19. The molecule has 0 aliphatic carbocycles. The largest absolute Gasteiger partial charge is 0.478 e. The average molecular weight is 350 g/mol. The van der Waals surface area contributed by atoms with E-state index >= 15 is 0 Å². The highest BCUT2D eigenvalue weighted by Crippen LogP contribution is 2.23. The molecule has 0 aliphatic heterocycles. The maximum absolute atomic E-state index is 11.6. The number of rotatable bonds is 5. The zero-order chi connectivity index (χ0) is 14.8. The lowest BCUT2D eigenvalue weighted by Crippen LogP contribution is -2.38. The fourth-order valence-corrected chi connectivity index (χ4v) is 1.98. The smallest absolute Gasteiger partial charge is 0.337 e. The lowest BCUT2D eigenvalue weighted by Gasteiger charge is -2.24. The molecule has 0 aromatic heterocycles. The van der Waals surface area contributed by atoms with Gasteiger partial charge in [0.2, 0.25) is 0 Å². The van der Waals surface area contributed by atoms with Crippen molar-refractivity contribution in [3.05, 3.63) is 28.2 Å². The van der Waals surface area contributed by atoms with Crippen LogP contribution >= 0.6 is 15.9 Å². The first kappa shape index (κ1) is 16.0. The molecule has 0 saturated heterocycles. The Morgan fingerprint density at radius 1 is 1.42 bits per heavy atom. The van der Waals surface area contributed by atoms with Gasteiger partial charge in [-0.2, -0.15) is 0 Å². The molecule has 0 fully saturated rings. The number of halogens is 1. The van der Waals surface area contributed by atoms with Crippen LogP contribution in [0.4, 0.5) is 5.69 Å². The summed E-state index contributed by atoms with van der Waals surface area (Å²) in [6, 6.07) is 4.77. The number of carboxylic acids is 1. The highest BCUT2D eigenvalue weighted by atomic mass is 79.9. The Hall–Kier alpha value is -1.08. The summed E-state index contributed by atoms with van der Waals surface area (Å²) < 4.78 is 22.8. The summed E-state index contributed by atoms with van der Waals surface area (Å²) in [5, 5.41) is 12.0. The Labute approximate surface area is 121 Å². The maximum atomic E-state index is 11.6. The summed E-state index contributed by atoms with van der Waals surface area (Å²) >= 11 is 3.20. The molecule has 0 bridgehead atoms. The monoisotopic (exact) mass is 349 g/mol. The summed E-state index contributed by atoms with van der Waals surface area (Å²) in [6.07, 6.45) is 1.16. The van der Waals surface area contributed by atoms with Crippen molar-refractivity contribution in [1.82, 2.24) is 0 Å². The van der Waals surface area contributed by atoms with Crippen LogP contribution in [0.2, 0.25) is 0 Å². The van der Waals surface area contributed by atoms with Gasteiger partial charge in [-0.25, -0.2) is 13.2 Å². The van der Waals surface area contributed by atoms with Gasteiger partial charge in [0.15, 0.2) is 9.84 Å². The fourth-order valence-electron chi connectivity index (χ4n) is 1.29. The zero-order valence-electron chi connectivity index (χ0n) is 10.9. The topological polar surface area (TPSA) is 83.5 Å². The van der Waals surface area contributed by atoms with Gasteiger partial charge in [0.05, 0.1) is 10.3 Å². The van der Waals surface area contributed by atoms with Crippen LogP contribution in [0.1, 0.15) is 24.2 Å². The van der Waals surface area contributed by atoms with E-state index < -0.39 is 20.6 Å². The number of hydrogen-bond donors (Lipinski definition) is 2. The molecule has 0 atom stereocenters. The molecule has 19 heavy (non-hydrogen) atoms. The summed E-state index contributed by atoms with van der Waals surface area (Å²) in [6.45, 7) is 3.32. The molecule has 0 heterocycles. The number of carbonyl (C=O) groups is 1. The Bertz CT molecular complexity index is 596. The van der Waals surface area contributed by atoms with Crippen molar-refractivity contribution in [2.75, 3.05) is 18.1 Å². The van der Waals surface area contributed by atoms with Crippen molar-refractivity contribution in [1.29, 1.82) is 0 Å². The highest BCUT2D eigenvalue weighted by molar-refractivity contribution is 9.10. The van der Waals surface area contributed by atoms with Crippen molar-refractivity contribution >= 4 is 37.4 Å². The minimum Gasteiger partial charge on any atom is -0.478 e. The lowest BCUT2D eigenvalue weighted by atomic mass is 10.1. The molecule has 0 spiro atoms. The van der Waals surface area contributed by atoms with Gasteiger partial charge >= 0.3 is 5.97 Å². The van der Waals surface area contributed by atoms with Gasteiger partial charge in [0.25, 0.3) is 0 Å². The van der Waals surface area contributed by atoms with Crippen LogP contribution in [0, 0.1) is 0 Å². The maximum Gasteiger partial charge on any atom is 0.337 e. The van der Waals surface area contributed by atoms with Gasteiger partial charge in [-0.15, -0.1) is 0 Å². The third kappa shape index (κ3) is 3.94. The van der Waals surface area contributed by atoms with Crippen molar-refractivity contribution in [3.8, 4) is 0 Å². The minimum atomic E-state index is -3.23. The van der Waals surface area contributed by atoms with E-state index in [9.17, 15) is 13.2 Å². The summed E-state index contributed by atoms with van der Waals surface area (Å²) in [5.74, 6) is -1.07. The van der Waals surface area contributed by atoms with E-state index in [0.29, 0.717) is 10.2 Å². The van der Waals surface area contributed by atoms with Crippen LogP contribution in [0.5, 0.6) is 0 Å².